The molecule has 46 heavy (non-hydrogen) atoms. The first-order chi connectivity index (χ1) is 22.1. The minimum atomic E-state index is -1.85. The molecule has 3 nitrogen and oxygen atoms in total. The molecule has 0 bridgehead atoms. The lowest BCUT2D eigenvalue weighted by molar-refractivity contribution is 0.147. The van der Waals surface area contributed by atoms with Crippen LogP contribution in [0.25, 0.3) is 0 Å². The van der Waals surface area contributed by atoms with E-state index in [9.17, 15) is 26.3 Å². The molecule has 0 spiro atoms. The van der Waals surface area contributed by atoms with Crippen LogP contribution in [0.2, 0.25) is 0 Å². The Bertz CT molecular complexity index is 1250. The van der Waals surface area contributed by atoms with E-state index in [1.807, 2.05) is 6.92 Å². The fraction of sp³-hybridized carbons (Fsp3) is 0.622. The van der Waals surface area contributed by atoms with Gasteiger partial charge in [0.25, 0.3) is 0 Å². The summed E-state index contributed by atoms with van der Waals surface area (Å²) < 4.78 is 103. The highest BCUT2D eigenvalue weighted by Crippen LogP contribution is 2.35. The minimum Gasteiger partial charge on any atom is -0.490 e. The summed E-state index contributed by atoms with van der Waals surface area (Å²) in [4.78, 5) is 0. The van der Waals surface area contributed by atoms with Crippen molar-refractivity contribution in [1.29, 1.82) is 0 Å². The highest BCUT2D eigenvalue weighted by atomic mass is 19.2. The molecule has 0 radical (unpaired) electrons. The molecule has 0 N–H and O–H groups in total. The van der Waals surface area contributed by atoms with E-state index in [1.165, 1.54) is 37.8 Å². The van der Waals surface area contributed by atoms with Gasteiger partial charge in [0.2, 0.25) is 17.5 Å². The van der Waals surface area contributed by atoms with E-state index < -0.39 is 66.7 Å². The van der Waals surface area contributed by atoms with Crippen molar-refractivity contribution < 1.29 is 40.6 Å². The van der Waals surface area contributed by atoms with E-state index in [4.69, 9.17) is 14.2 Å². The normalized spacial score (nSPS) is 23.3. The zero-order chi connectivity index (χ0) is 33.1. The number of alkyl halides is 2. The quantitative estimate of drug-likeness (QED) is 0.102. The van der Waals surface area contributed by atoms with Gasteiger partial charge in [0.05, 0.1) is 6.61 Å². The Morgan fingerprint density at radius 2 is 1.17 bits per heavy atom. The standard InChI is InChI=1S/C37H48F6O3/c1-3-4-19-44-31-17-18-33(37(43)36(31)42)46-23-30(39)21-28-15-16-32(35(41)34(28)40)45-22-29(38)20-27-13-11-26(12-14-27)10-9-25-7-5-24(2)6-8-25/h9-10,15-18,24-27,29-30H,3-8,11-14,19-23H2,1-2H3/b10-9+. The topological polar surface area (TPSA) is 27.7 Å². The minimum absolute atomic E-state index is 0.221. The Hall–Kier alpha value is -2.84. The Morgan fingerprint density at radius 1 is 0.674 bits per heavy atom. The third-order valence-corrected chi connectivity index (χ3v) is 9.37. The molecule has 4 rings (SSSR count). The van der Waals surface area contributed by atoms with E-state index in [0.717, 1.165) is 50.2 Å². The highest BCUT2D eigenvalue weighted by Gasteiger charge is 2.25. The number of benzene rings is 2. The summed E-state index contributed by atoms with van der Waals surface area (Å²) in [5.41, 5.74) is -0.284. The van der Waals surface area contributed by atoms with Crippen LogP contribution in [0, 0.1) is 46.9 Å². The maximum Gasteiger partial charge on any atom is 0.204 e. The van der Waals surface area contributed by atoms with E-state index in [0.29, 0.717) is 24.7 Å². The molecule has 2 fully saturated rings. The number of hydrogen-bond acceptors (Lipinski definition) is 3. The van der Waals surface area contributed by atoms with E-state index in [1.54, 1.807) is 0 Å². The van der Waals surface area contributed by atoms with Crippen molar-refractivity contribution in [3.63, 3.8) is 0 Å². The molecular weight excluding hydrogens is 606 g/mol. The van der Waals surface area contributed by atoms with Crippen molar-refractivity contribution in [1.82, 2.24) is 0 Å². The van der Waals surface area contributed by atoms with Crippen LogP contribution in [-0.2, 0) is 6.42 Å². The molecule has 256 valence electrons. The molecule has 2 atom stereocenters. The third kappa shape index (κ3) is 10.6. The summed E-state index contributed by atoms with van der Waals surface area (Å²) in [6.45, 7) is 3.35. The van der Waals surface area contributed by atoms with Gasteiger partial charge in [0.15, 0.2) is 23.1 Å². The summed E-state index contributed by atoms with van der Waals surface area (Å²) in [6, 6.07) is 4.62. The highest BCUT2D eigenvalue weighted by molar-refractivity contribution is 5.35. The molecule has 2 aliphatic carbocycles. The smallest absolute Gasteiger partial charge is 0.204 e. The van der Waals surface area contributed by atoms with Crippen LogP contribution in [0.5, 0.6) is 17.2 Å². The van der Waals surface area contributed by atoms with Gasteiger partial charge >= 0.3 is 0 Å². The molecule has 0 heterocycles. The predicted molar refractivity (Wildman–Crippen MR) is 168 cm³/mol. The van der Waals surface area contributed by atoms with Gasteiger partial charge in [0, 0.05) is 6.42 Å². The van der Waals surface area contributed by atoms with Gasteiger partial charge in [-0.05, 0) is 98.8 Å². The molecule has 0 amide bonds. The number of ether oxygens (including phenoxy) is 3. The largest absolute Gasteiger partial charge is 0.490 e. The fourth-order valence-corrected chi connectivity index (χ4v) is 6.40. The van der Waals surface area contributed by atoms with Crippen molar-refractivity contribution in [2.75, 3.05) is 19.8 Å². The second-order valence-electron chi connectivity index (χ2n) is 13.2. The van der Waals surface area contributed by atoms with Gasteiger partial charge in [0.1, 0.15) is 25.6 Å². The lowest BCUT2D eigenvalue weighted by Crippen LogP contribution is -2.21. The zero-order valence-corrected chi connectivity index (χ0v) is 27.0. The SMILES string of the molecule is CCCCOc1ccc(OCC(F)Cc2ccc(OCC(F)CC3CCC(/C=C/C4CCC(C)CC4)CC3)c(F)c2F)c(F)c1F. The fourth-order valence-electron chi connectivity index (χ4n) is 6.40. The van der Waals surface area contributed by atoms with E-state index in [-0.39, 0.29) is 23.8 Å². The van der Waals surface area contributed by atoms with Crippen LogP contribution in [-0.4, -0.2) is 32.2 Å². The van der Waals surface area contributed by atoms with Gasteiger partial charge in [-0.3, -0.25) is 0 Å². The number of allylic oxidation sites excluding steroid dienone is 2. The summed E-state index contributed by atoms with van der Waals surface area (Å²) in [6.07, 6.45) is 11.9. The number of rotatable bonds is 16. The second kappa shape index (κ2) is 17.9. The molecule has 2 aromatic rings. The van der Waals surface area contributed by atoms with Gasteiger partial charge in [-0.15, -0.1) is 0 Å². The summed E-state index contributed by atoms with van der Waals surface area (Å²) in [7, 11) is 0. The van der Waals surface area contributed by atoms with E-state index >= 15 is 0 Å². The molecule has 2 unspecified atom stereocenters. The van der Waals surface area contributed by atoms with Gasteiger partial charge < -0.3 is 14.2 Å². The van der Waals surface area contributed by atoms with Gasteiger partial charge in [-0.2, -0.15) is 13.2 Å². The van der Waals surface area contributed by atoms with Crippen LogP contribution in [0.4, 0.5) is 26.3 Å². The summed E-state index contributed by atoms with van der Waals surface area (Å²) >= 11 is 0. The molecule has 9 heteroatoms. The number of hydrogen-bond donors (Lipinski definition) is 0. The Labute approximate surface area is 269 Å². The van der Waals surface area contributed by atoms with Crippen LogP contribution >= 0.6 is 0 Å². The Kier molecular flexibility index (Phi) is 14.0. The number of unbranched alkanes of at least 4 members (excludes halogenated alkanes) is 1. The van der Waals surface area contributed by atoms with Crippen molar-refractivity contribution in [2.45, 2.75) is 103 Å². The molecular formula is C37H48F6O3. The first-order valence-corrected chi connectivity index (χ1v) is 16.9. The van der Waals surface area contributed by atoms with Gasteiger partial charge in [-0.25, -0.2) is 13.2 Å². The van der Waals surface area contributed by atoms with Crippen LogP contribution in [0.1, 0.15) is 90.0 Å². The second-order valence-corrected chi connectivity index (χ2v) is 13.2. The zero-order valence-electron chi connectivity index (χ0n) is 27.0. The lowest BCUT2D eigenvalue weighted by Gasteiger charge is -2.28. The molecule has 2 aromatic carbocycles. The third-order valence-electron chi connectivity index (χ3n) is 9.37. The van der Waals surface area contributed by atoms with Crippen molar-refractivity contribution in [2.24, 2.45) is 23.7 Å². The van der Waals surface area contributed by atoms with Crippen molar-refractivity contribution in [3.8, 4) is 17.2 Å². The maximum atomic E-state index is 14.8. The molecule has 0 saturated heterocycles. The van der Waals surface area contributed by atoms with Gasteiger partial charge in [-0.1, -0.05) is 51.3 Å². The van der Waals surface area contributed by atoms with Crippen LogP contribution < -0.4 is 14.2 Å². The predicted octanol–water partition coefficient (Wildman–Crippen LogP) is 10.7. The molecule has 0 aromatic heterocycles. The Balaban J connectivity index is 1.18. The first kappa shape index (κ1) is 36.0. The van der Waals surface area contributed by atoms with Crippen molar-refractivity contribution in [3.05, 3.63) is 65.2 Å². The molecule has 0 aliphatic heterocycles. The van der Waals surface area contributed by atoms with E-state index in [2.05, 4.69) is 19.1 Å². The van der Waals surface area contributed by atoms with Crippen molar-refractivity contribution >= 4 is 0 Å². The summed E-state index contributed by atoms with van der Waals surface area (Å²) in [5.74, 6) is -4.15. The Morgan fingerprint density at radius 3 is 1.76 bits per heavy atom. The maximum absolute atomic E-state index is 14.8. The average Bonchev–Trinajstić information content (AvgIpc) is 3.05. The average molecular weight is 655 g/mol. The molecule has 2 saturated carbocycles. The molecule has 2 aliphatic rings. The summed E-state index contributed by atoms with van der Waals surface area (Å²) in [5, 5.41) is 0. The lowest BCUT2D eigenvalue weighted by atomic mass is 9.78. The van der Waals surface area contributed by atoms with Crippen LogP contribution in [0.3, 0.4) is 0 Å². The van der Waals surface area contributed by atoms with Crippen LogP contribution in [0.15, 0.2) is 36.4 Å². The number of halogens is 6. The monoisotopic (exact) mass is 654 g/mol. The first-order valence-electron chi connectivity index (χ1n) is 16.9.